The van der Waals surface area contributed by atoms with E-state index in [1.165, 1.54) is 6.07 Å². The van der Waals surface area contributed by atoms with Crippen LogP contribution in [-0.2, 0) is 15.6 Å². The number of carboxylic acids is 1. The summed E-state index contributed by atoms with van der Waals surface area (Å²) in [6, 6.07) is 4.86. The minimum absolute atomic E-state index is 0.261. The lowest BCUT2D eigenvalue weighted by atomic mass is 9.84. The summed E-state index contributed by atoms with van der Waals surface area (Å²) in [6.45, 7) is 5.82. The number of hydrogen-bond acceptors (Lipinski definition) is 1. The average Bonchev–Trinajstić information content (AvgIpc) is 2.95. The summed E-state index contributed by atoms with van der Waals surface area (Å²) in [5, 5.41) is 9.15. The molecule has 0 bridgehead atoms. The van der Waals surface area contributed by atoms with Crippen LogP contribution >= 0.6 is 0 Å². The molecule has 0 aliphatic heterocycles. The van der Waals surface area contributed by atoms with Gasteiger partial charge in [-0.2, -0.15) is 0 Å². The lowest BCUT2D eigenvalue weighted by Gasteiger charge is -2.21. The first-order valence-corrected chi connectivity index (χ1v) is 5.81. The van der Waals surface area contributed by atoms with Gasteiger partial charge in [-0.3, -0.25) is 4.79 Å². The molecule has 1 aromatic rings. The van der Waals surface area contributed by atoms with Crippen LogP contribution in [0.1, 0.15) is 44.7 Å². The van der Waals surface area contributed by atoms with Crippen LogP contribution in [0.15, 0.2) is 18.2 Å². The molecule has 2 nitrogen and oxygen atoms in total. The molecule has 2 rings (SSSR count). The summed E-state index contributed by atoms with van der Waals surface area (Å²) in [7, 11) is 0. The first-order chi connectivity index (χ1) is 7.77. The van der Waals surface area contributed by atoms with Crippen molar-refractivity contribution in [1.82, 2.24) is 0 Å². The van der Waals surface area contributed by atoms with Gasteiger partial charge in [0.1, 0.15) is 5.82 Å². The van der Waals surface area contributed by atoms with Crippen LogP contribution in [0.25, 0.3) is 0 Å². The van der Waals surface area contributed by atoms with E-state index >= 15 is 0 Å². The number of hydrogen-bond donors (Lipinski definition) is 1. The van der Waals surface area contributed by atoms with Crippen LogP contribution in [0.5, 0.6) is 0 Å². The van der Waals surface area contributed by atoms with Crippen molar-refractivity contribution < 1.29 is 14.3 Å². The van der Waals surface area contributed by atoms with Crippen molar-refractivity contribution in [2.45, 2.75) is 44.4 Å². The largest absolute Gasteiger partial charge is 0.481 e. The quantitative estimate of drug-likeness (QED) is 0.855. The normalized spacial score (nSPS) is 17.9. The molecule has 1 fully saturated rings. The number of carboxylic acid groups (broad SMARTS) is 1. The van der Waals surface area contributed by atoms with Crippen molar-refractivity contribution in [2.75, 3.05) is 0 Å². The Morgan fingerprint density at radius 2 is 1.94 bits per heavy atom. The molecule has 0 unspecified atom stereocenters. The van der Waals surface area contributed by atoms with Gasteiger partial charge in [-0.1, -0.05) is 32.9 Å². The van der Waals surface area contributed by atoms with E-state index in [4.69, 9.17) is 5.11 Å². The molecule has 0 aromatic heterocycles. The molecule has 0 heterocycles. The van der Waals surface area contributed by atoms with Gasteiger partial charge in [0.15, 0.2) is 0 Å². The SMILES string of the molecule is CC(C)(C)c1ccc(C2(C(=O)O)CC2)cc1F. The van der Waals surface area contributed by atoms with E-state index in [1.807, 2.05) is 20.8 Å². The molecular formula is C14H17FO2. The zero-order valence-electron chi connectivity index (χ0n) is 10.4. The molecule has 0 saturated heterocycles. The highest BCUT2D eigenvalue weighted by atomic mass is 19.1. The standard InChI is InChI=1S/C14H17FO2/c1-13(2,3)10-5-4-9(8-11(10)15)14(6-7-14)12(16)17/h4-5,8H,6-7H2,1-3H3,(H,16,17). The topological polar surface area (TPSA) is 37.3 Å². The van der Waals surface area contributed by atoms with E-state index in [2.05, 4.69) is 0 Å². The van der Waals surface area contributed by atoms with Gasteiger partial charge in [-0.15, -0.1) is 0 Å². The van der Waals surface area contributed by atoms with Crippen molar-refractivity contribution in [2.24, 2.45) is 0 Å². The van der Waals surface area contributed by atoms with Gasteiger partial charge in [0, 0.05) is 0 Å². The van der Waals surface area contributed by atoms with Crippen molar-refractivity contribution in [3.05, 3.63) is 35.1 Å². The number of halogens is 1. The lowest BCUT2D eigenvalue weighted by molar-refractivity contribution is -0.140. The third kappa shape index (κ3) is 1.94. The van der Waals surface area contributed by atoms with Crippen LogP contribution in [0.4, 0.5) is 4.39 Å². The summed E-state index contributed by atoms with van der Waals surface area (Å²) in [5.74, 6) is -1.15. The third-order valence-corrected chi connectivity index (χ3v) is 3.49. The Kier molecular flexibility index (Phi) is 2.53. The molecule has 1 aliphatic carbocycles. The van der Waals surface area contributed by atoms with Crippen molar-refractivity contribution in [3.8, 4) is 0 Å². The van der Waals surface area contributed by atoms with E-state index in [0.29, 0.717) is 24.0 Å². The van der Waals surface area contributed by atoms with E-state index < -0.39 is 11.4 Å². The predicted molar refractivity (Wildman–Crippen MR) is 63.6 cm³/mol. The minimum atomic E-state index is -0.847. The Labute approximate surface area is 100 Å². The van der Waals surface area contributed by atoms with Gasteiger partial charge >= 0.3 is 5.97 Å². The summed E-state index contributed by atoms with van der Waals surface area (Å²) >= 11 is 0. The second-order valence-corrected chi connectivity index (χ2v) is 5.83. The highest BCUT2D eigenvalue weighted by Crippen LogP contribution is 2.48. The second-order valence-electron chi connectivity index (χ2n) is 5.83. The van der Waals surface area contributed by atoms with Crippen LogP contribution in [0.3, 0.4) is 0 Å². The highest BCUT2D eigenvalue weighted by Gasteiger charge is 2.52. The molecule has 1 aliphatic rings. The minimum Gasteiger partial charge on any atom is -0.481 e. The number of carbonyl (C=O) groups is 1. The summed E-state index contributed by atoms with van der Waals surface area (Å²) in [6.07, 6.45) is 1.22. The van der Waals surface area contributed by atoms with Crippen molar-refractivity contribution in [3.63, 3.8) is 0 Å². The molecule has 0 atom stereocenters. The molecule has 0 radical (unpaired) electrons. The molecule has 1 saturated carbocycles. The summed E-state index contributed by atoms with van der Waals surface area (Å²) in [5.41, 5.74) is 0.137. The van der Waals surface area contributed by atoms with E-state index in [9.17, 15) is 9.18 Å². The number of aliphatic carboxylic acids is 1. The highest BCUT2D eigenvalue weighted by molar-refractivity contribution is 5.84. The molecule has 1 aromatic carbocycles. The second kappa shape index (κ2) is 3.56. The summed E-state index contributed by atoms with van der Waals surface area (Å²) in [4.78, 5) is 11.2. The molecule has 0 amide bonds. The molecule has 92 valence electrons. The zero-order chi connectivity index (χ0) is 12.8. The molecule has 1 N–H and O–H groups in total. The van der Waals surface area contributed by atoms with Gasteiger partial charge in [-0.25, -0.2) is 4.39 Å². The number of rotatable bonds is 2. The van der Waals surface area contributed by atoms with Gasteiger partial charge < -0.3 is 5.11 Å². The van der Waals surface area contributed by atoms with Crippen molar-refractivity contribution in [1.29, 1.82) is 0 Å². The summed E-state index contributed by atoms with van der Waals surface area (Å²) < 4.78 is 14.0. The van der Waals surface area contributed by atoms with Crippen LogP contribution < -0.4 is 0 Å². The maximum Gasteiger partial charge on any atom is 0.314 e. The number of benzene rings is 1. The van der Waals surface area contributed by atoms with E-state index in [1.54, 1.807) is 12.1 Å². The van der Waals surface area contributed by atoms with Crippen LogP contribution in [0.2, 0.25) is 0 Å². The molecule has 17 heavy (non-hydrogen) atoms. The van der Waals surface area contributed by atoms with E-state index in [-0.39, 0.29) is 11.2 Å². The maximum atomic E-state index is 14.0. The van der Waals surface area contributed by atoms with Gasteiger partial charge in [0.2, 0.25) is 0 Å². The van der Waals surface area contributed by atoms with Crippen LogP contribution in [0, 0.1) is 5.82 Å². The fourth-order valence-corrected chi connectivity index (χ4v) is 2.17. The monoisotopic (exact) mass is 236 g/mol. The average molecular weight is 236 g/mol. The lowest BCUT2D eigenvalue weighted by Crippen LogP contribution is -2.21. The van der Waals surface area contributed by atoms with Gasteiger partial charge in [0.25, 0.3) is 0 Å². The molecular weight excluding hydrogens is 219 g/mol. The Balaban J connectivity index is 2.42. The van der Waals surface area contributed by atoms with Crippen LogP contribution in [-0.4, -0.2) is 11.1 Å². The first kappa shape index (κ1) is 12.1. The third-order valence-electron chi connectivity index (χ3n) is 3.49. The first-order valence-electron chi connectivity index (χ1n) is 5.81. The van der Waals surface area contributed by atoms with E-state index in [0.717, 1.165) is 0 Å². The smallest absolute Gasteiger partial charge is 0.314 e. The Hall–Kier alpha value is -1.38. The molecule has 3 heteroatoms. The van der Waals surface area contributed by atoms with Crippen molar-refractivity contribution >= 4 is 5.97 Å². The Morgan fingerprint density at radius 1 is 1.35 bits per heavy atom. The van der Waals surface area contributed by atoms with Gasteiger partial charge in [-0.05, 0) is 35.4 Å². The fourth-order valence-electron chi connectivity index (χ4n) is 2.17. The zero-order valence-corrected chi connectivity index (χ0v) is 10.4. The Bertz CT molecular complexity index is 468. The Morgan fingerprint density at radius 3 is 2.29 bits per heavy atom. The van der Waals surface area contributed by atoms with Gasteiger partial charge in [0.05, 0.1) is 5.41 Å². The maximum absolute atomic E-state index is 14.0. The predicted octanol–water partition coefficient (Wildman–Crippen LogP) is 3.24. The fraction of sp³-hybridized carbons (Fsp3) is 0.500. The molecule has 0 spiro atoms.